The van der Waals surface area contributed by atoms with E-state index in [4.69, 9.17) is 0 Å². The number of nitrogens with zero attached hydrogens (tertiary/aromatic N) is 2. The summed E-state index contributed by atoms with van der Waals surface area (Å²) in [6, 6.07) is 11.9. The van der Waals surface area contributed by atoms with Crippen LogP contribution in [0.2, 0.25) is 0 Å². The molecule has 0 aliphatic heterocycles. The van der Waals surface area contributed by atoms with Crippen LogP contribution < -0.4 is 4.31 Å². The number of pyridine rings is 1. The van der Waals surface area contributed by atoms with Crippen LogP contribution in [0.3, 0.4) is 0 Å². The van der Waals surface area contributed by atoms with Crippen molar-refractivity contribution in [3.05, 3.63) is 66.6 Å². The summed E-state index contributed by atoms with van der Waals surface area (Å²) in [5.74, 6) is -0.590. The van der Waals surface area contributed by atoms with Gasteiger partial charge in [-0.15, -0.1) is 0 Å². The predicted molar refractivity (Wildman–Crippen MR) is 88.7 cm³/mol. The maximum absolute atomic E-state index is 13.1. The van der Waals surface area contributed by atoms with Crippen LogP contribution in [0.4, 0.5) is 18.9 Å². The Labute approximate surface area is 142 Å². The average Bonchev–Trinajstić information content (AvgIpc) is 2.60. The van der Waals surface area contributed by atoms with Crippen molar-refractivity contribution in [2.75, 3.05) is 10.8 Å². The Morgan fingerprint density at radius 3 is 2.40 bits per heavy atom. The summed E-state index contributed by atoms with van der Waals surface area (Å²) in [6.07, 6.45) is -1.39. The lowest BCUT2D eigenvalue weighted by Gasteiger charge is -2.24. The van der Waals surface area contributed by atoms with Gasteiger partial charge in [0.2, 0.25) is 0 Å². The molecule has 0 atom stereocenters. The van der Waals surface area contributed by atoms with E-state index < -0.39 is 28.8 Å². The van der Waals surface area contributed by atoms with Crippen LogP contribution in [-0.2, 0) is 10.0 Å². The Hall–Kier alpha value is -2.61. The smallest absolute Gasteiger partial charge is 0.261 e. The van der Waals surface area contributed by atoms with E-state index in [0.717, 1.165) is 24.3 Å². The molecule has 0 aliphatic rings. The standard InChI is InChI=1S/C17H13F3N2O2S/c18-12-6-8-13(9-7-12)22(11-17(19)20)25(23,24)16-5-1-4-15-14(16)3-2-10-21-15/h1-10,17H,11H2. The highest BCUT2D eigenvalue weighted by atomic mass is 32.2. The molecule has 0 saturated carbocycles. The minimum absolute atomic E-state index is 0.0393. The van der Waals surface area contributed by atoms with Gasteiger partial charge < -0.3 is 0 Å². The van der Waals surface area contributed by atoms with Crippen LogP contribution in [0.5, 0.6) is 0 Å². The minimum Gasteiger partial charge on any atom is -0.261 e. The summed E-state index contributed by atoms with van der Waals surface area (Å²) < 4.78 is 65.8. The number of alkyl halides is 2. The lowest BCUT2D eigenvalue weighted by molar-refractivity contribution is 0.159. The number of fused-ring (bicyclic) bond motifs is 1. The molecule has 3 aromatic rings. The number of hydrogen-bond acceptors (Lipinski definition) is 3. The van der Waals surface area contributed by atoms with E-state index in [1.807, 2.05) is 0 Å². The lowest BCUT2D eigenvalue weighted by atomic mass is 10.2. The number of sulfonamides is 1. The van der Waals surface area contributed by atoms with Crippen LogP contribution in [0.1, 0.15) is 0 Å². The first-order valence-corrected chi connectivity index (χ1v) is 8.74. The van der Waals surface area contributed by atoms with E-state index in [1.165, 1.54) is 18.3 Å². The molecule has 0 radical (unpaired) electrons. The quantitative estimate of drug-likeness (QED) is 0.690. The topological polar surface area (TPSA) is 50.3 Å². The van der Waals surface area contributed by atoms with Gasteiger partial charge in [-0.25, -0.2) is 21.6 Å². The molecule has 0 fully saturated rings. The van der Waals surface area contributed by atoms with Crippen molar-refractivity contribution in [2.24, 2.45) is 0 Å². The van der Waals surface area contributed by atoms with Crippen molar-refractivity contribution < 1.29 is 21.6 Å². The maximum atomic E-state index is 13.1. The highest BCUT2D eigenvalue weighted by Crippen LogP contribution is 2.29. The van der Waals surface area contributed by atoms with Crippen LogP contribution in [-0.4, -0.2) is 26.4 Å². The van der Waals surface area contributed by atoms with E-state index in [-0.39, 0.29) is 10.6 Å². The molecule has 0 spiro atoms. The van der Waals surface area contributed by atoms with Crippen molar-refractivity contribution in [1.82, 2.24) is 4.98 Å². The normalized spacial score (nSPS) is 11.8. The van der Waals surface area contributed by atoms with Gasteiger partial charge in [-0.2, -0.15) is 0 Å². The largest absolute Gasteiger partial charge is 0.265 e. The summed E-state index contributed by atoms with van der Waals surface area (Å²) in [6.45, 7) is -1.04. The third-order valence-electron chi connectivity index (χ3n) is 3.59. The Kier molecular flexibility index (Phi) is 4.63. The summed E-state index contributed by atoms with van der Waals surface area (Å²) in [5.41, 5.74) is 0.391. The molecule has 0 aliphatic carbocycles. The third kappa shape index (κ3) is 3.43. The van der Waals surface area contributed by atoms with Crippen LogP contribution in [0, 0.1) is 5.82 Å². The zero-order valence-electron chi connectivity index (χ0n) is 12.8. The van der Waals surface area contributed by atoms with Gasteiger partial charge in [0.25, 0.3) is 16.4 Å². The zero-order chi connectivity index (χ0) is 18.0. The van der Waals surface area contributed by atoms with E-state index >= 15 is 0 Å². The maximum Gasteiger partial charge on any atom is 0.265 e. The molecule has 0 amide bonds. The Balaban J connectivity index is 2.17. The first-order valence-electron chi connectivity index (χ1n) is 7.30. The molecule has 2 aromatic carbocycles. The highest BCUT2D eigenvalue weighted by molar-refractivity contribution is 7.93. The number of hydrogen-bond donors (Lipinski definition) is 0. The fourth-order valence-electron chi connectivity index (χ4n) is 2.49. The number of halogens is 3. The second kappa shape index (κ2) is 6.72. The molecule has 8 heteroatoms. The van der Waals surface area contributed by atoms with Crippen molar-refractivity contribution in [1.29, 1.82) is 0 Å². The van der Waals surface area contributed by atoms with Crippen LogP contribution in [0.25, 0.3) is 10.9 Å². The molecule has 0 unspecified atom stereocenters. The van der Waals surface area contributed by atoms with Gasteiger partial charge in [0.15, 0.2) is 0 Å². The summed E-state index contributed by atoms with van der Waals surface area (Å²) >= 11 is 0. The van der Waals surface area contributed by atoms with Crippen LogP contribution in [0.15, 0.2) is 65.7 Å². The monoisotopic (exact) mass is 366 g/mol. The summed E-state index contributed by atoms with van der Waals surface area (Å²) in [7, 11) is -4.30. The van der Waals surface area contributed by atoms with E-state index in [2.05, 4.69) is 4.98 Å². The lowest BCUT2D eigenvalue weighted by Crippen LogP contribution is -2.35. The van der Waals surface area contributed by atoms with Gasteiger partial charge in [-0.3, -0.25) is 9.29 Å². The van der Waals surface area contributed by atoms with Crippen molar-refractivity contribution in [3.8, 4) is 0 Å². The fourth-order valence-corrected chi connectivity index (χ4v) is 4.14. The Bertz CT molecular complexity index is 987. The van der Waals surface area contributed by atoms with Gasteiger partial charge in [0.05, 0.1) is 22.6 Å². The van der Waals surface area contributed by atoms with Gasteiger partial charge in [0.1, 0.15) is 5.82 Å². The van der Waals surface area contributed by atoms with E-state index in [1.54, 1.807) is 18.2 Å². The third-order valence-corrected chi connectivity index (χ3v) is 5.44. The first kappa shape index (κ1) is 17.2. The number of benzene rings is 2. The van der Waals surface area contributed by atoms with Crippen molar-refractivity contribution in [2.45, 2.75) is 11.3 Å². The molecule has 0 bridgehead atoms. The first-order chi connectivity index (χ1) is 11.9. The van der Waals surface area contributed by atoms with E-state index in [0.29, 0.717) is 15.2 Å². The molecule has 25 heavy (non-hydrogen) atoms. The zero-order valence-corrected chi connectivity index (χ0v) is 13.6. The second-order valence-electron chi connectivity index (χ2n) is 5.23. The van der Waals surface area contributed by atoms with Gasteiger partial charge in [-0.05, 0) is 48.5 Å². The van der Waals surface area contributed by atoms with Crippen LogP contribution >= 0.6 is 0 Å². The summed E-state index contributed by atoms with van der Waals surface area (Å²) in [4.78, 5) is 3.94. The highest BCUT2D eigenvalue weighted by Gasteiger charge is 2.29. The van der Waals surface area contributed by atoms with Gasteiger partial charge >= 0.3 is 0 Å². The van der Waals surface area contributed by atoms with Gasteiger partial charge in [0, 0.05) is 11.6 Å². The van der Waals surface area contributed by atoms with Crippen molar-refractivity contribution >= 4 is 26.6 Å². The number of anilines is 1. The molecule has 0 saturated heterocycles. The summed E-state index contributed by atoms with van der Waals surface area (Å²) in [5, 5.41) is 0.325. The fraction of sp³-hybridized carbons (Fsp3) is 0.118. The average molecular weight is 366 g/mol. The molecule has 1 heterocycles. The van der Waals surface area contributed by atoms with Gasteiger partial charge in [-0.1, -0.05) is 6.07 Å². The molecule has 1 aromatic heterocycles. The van der Waals surface area contributed by atoms with E-state index in [9.17, 15) is 21.6 Å². The number of aromatic nitrogens is 1. The number of rotatable bonds is 5. The molecule has 3 rings (SSSR count). The predicted octanol–water partition coefficient (Wildman–Crippen LogP) is 3.83. The molecular formula is C17H13F3N2O2S. The molecule has 4 nitrogen and oxygen atoms in total. The molecular weight excluding hydrogens is 353 g/mol. The SMILES string of the molecule is O=S(=O)(c1cccc2ncccc12)N(CC(F)F)c1ccc(F)cc1. The Morgan fingerprint density at radius 1 is 1.00 bits per heavy atom. The Morgan fingerprint density at radius 2 is 1.72 bits per heavy atom. The molecule has 0 N–H and O–H groups in total. The molecule has 130 valence electrons. The minimum atomic E-state index is -4.30. The second-order valence-corrected chi connectivity index (χ2v) is 7.06. The van der Waals surface area contributed by atoms with Crippen molar-refractivity contribution in [3.63, 3.8) is 0 Å².